The molecule has 0 saturated carbocycles. The Kier molecular flexibility index (Phi) is 6.85. The van der Waals surface area contributed by atoms with Crippen LogP contribution >= 0.6 is 22.9 Å². The number of aromatic nitrogens is 5. The smallest absolute Gasteiger partial charge is 0.261 e. The number of aromatic amines is 1. The molecule has 0 aliphatic heterocycles. The van der Waals surface area contributed by atoms with Crippen molar-refractivity contribution in [3.8, 4) is 27.9 Å². The van der Waals surface area contributed by atoms with Gasteiger partial charge in [-0.05, 0) is 54.1 Å². The molecule has 0 bridgehead atoms. The van der Waals surface area contributed by atoms with Crippen molar-refractivity contribution in [1.29, 1.82) is 0 Å². The van der Waals surface area contributed by atoms with Crippen molar-refractivity contribution < 1.29 is 4.79 Å². The lowest BCUT2D eigenvalue weighted by Crippen LogP contribution is -2.21. The summed E-state index contributed by atoms with van der Waals surface area (Å²) >= 11 is 7.14. The van der Waals surface area contributed by atoms with Crippen LogP contribution in [-0.2, 0) is 6.54 Å². The van der Waals surface area contributed by atoms with Crippen LogP contribution in [0.5, 0.6) is 0 Å². The van der Waals surface area contributed by atoms with Crippen LogP contribution in [0, 0.1) is 0 Å². The lowest BCUT2D eigenvalue weighted by Gasteiger charge is -2.14. The summed E-state index contributed by atoms with van der Waals surface area (Å²) in [6, 6.07) is 16.5. The topological polar surface area (TPSA) is 109 Å². The average molecular weight is 532 g/mol. The van der Waals surface area contributed by atoms with Crippen molar-refractivity contribution in [2.24, 2.45) is 0 Å². The summed E-state index contributed by atoms with van der Waals surface area (Å²) in [5, 5.41) is 11.4. The molecule has 186 valence electrons. The Morgan fingerprint density at radius 3 is 2.65 bits per heavy atom. The molecule has 0 spiro atoms. The van der Waals surface area contributed by atoms with Gasteiger partial charge in [0, 0.05) is 43.2 Å². The number of pyridine rings is 2. The standard InChI is InChI=1S/C26H22ClN7O2S/c1-33(2)24-10-6-17(13-29-24)20-12-16(19-4-3-11-28-25(19)35)5-7-21(20)34-15-18(31-32-34)14-30-26(36)22-8-9-23(27)37-22/h3-13,15H,14H2,1-2H3,(H,28,35)(H,30,36). The van der Waals surface area contributed by atoms with Gasteiger partial charge in [-0.15, -0.1) is 16.4 Å². The van der Waals surface area contributed by atoms with E-state index in [0.717, 1.165) is 28.2 Å². The third-order valence-corrected chi connectivity index (χ3v) is 6.89. The van der Waals surface area contributed by atoms with Crippen molar-refractivity contribution in [3.05, 3.63) is 98.4 Å². The fourth-order valence-corrected chi connectivity index (χ4v) is 4.74. The number of hydrogen-bond donors (Lipinski definition) is 2. The minimum Gasteiger partial charge on any atom is -0.363 e. The molecule has 0 saturated heterocycles. The number of amides is 1. The second kappa shape index (κ2) is 10.4. The van der Waals surface area contributed by atoms with Crippen LogP contribution in [0.2, 0.25) is 4.34 Å². The van der Waals surface area contributed by atoms with E-state index in [1.807, 2.05) is 49.3 Å². The fourth-order valence-electron chi connectivity index (χ4n) is 3.78. The minimum absolute atomic E-state index is 0.173. The van der Waals surface area contributed by atoms with Crippen molar-refractivity contribution in [2.75, 3.05) is 19.0 Å². The molecule has 4 heterocycles. The highest BCUT2D eigenvalue weighted by molar-refractivity contribution is 7.18. The van der Waals surface area contributed by atoms with Crippen LogP contribution in [0.25, 0.3) is 27.9 Å². The van der Waals surface area contributed by atoms with E-state index >= 15 is 0 Å². The maximum absolute atomic E-state index is 12.4. The van der Waals surface area contributed by atoms with E-state index in [1.54, 1.807) is 47.5 Å². The number of carbonyl (C=O) groups excluding carboxylic acids is 1. The number of halogens is 1. The summed E-state index contributed by atoms with van der Waals surface area (Å²) in [5.74, 6) is 0.600. The van der Waals surface area contributed by atoms with Gasteiger partial charge in [0.05, 0.1) is 27.6 Å². The number of thiophene rings is 1. The number of nitrogens with zero attached hydrogens (tertiary/aromatic N) is 5. The number of H-pyrrole nitrogens is 1. The summed E-state index contributed by atoms with van der Waals surface area (Å²) in [7, 11) is 3.86. The number of carbonyl (C=O) groups is 1. The monoisotopic (exact) mass is 531 g/mol. The molecule has 1 amide bonds. The third-order valence-electron chi connectivity index (χ3n) is 5.66. The van der Waals surface area contributed by atoms with Crippen LogP contribution in [-0.4, -0.2) is 45.0 Å². The van der Waals surface area contributed by atoms with Gasteiger partial charge in [-0.2, -0.15) is 0 Å². The minimum atomic E-state index is -0.225. The normalized spacial score (nSPS) is 10.9. The lowest BCUT2D eigenvalue weighted by molar-refractivity contribution is 0.0954. The van der Waals surface area contributed by atoms with Crippen LogP contribution in [0.1, 0.15) is 15.4 Å². The summed E-state index contributed by atoms with van der Waals surface area (Å²) in [6.07, 6.45) is 5.16. The molecular formula is C26H22ClN7O2S. The van der Waals surface area contributed by atoms with Crippen molar-refractivity contribution in [1.82, 2.24) is 30.3 Å². The van der Waals surface area contributed by atoms with Gasteiger partial charge in [-0.25, -0.2) is 9.67 Å². The van der Waals surface area contributed by atoms with E-state index in [9.17, 15) is 9.59 Å². The molecule has 0 unspecified atom stereocenters. The van der Waals surface area contributed by atoms with E-state index in [1.165, 1.54) is 11.3 Å². The zero-order chi connectivity index (χ0) is 25.9. The molecule has 9 nitrogen and oxygen atoms in total. The third kappa shape index (κ3) is 5.30. The predicted octanol–water partition coefficient (Wildman–Crippen LogP) is 4.40. The Balaban J connectivity index is 1.48. The van der Waals surface area contributed by atoms with Crippen molar-refractivity contribution >= 4 is 34.7 Å². The van der Waals surface area contributed by atoms with Gasteiger partial charge in [0.1, 0.15) is 11.5 Å². The van der Waals surface area contributed by atoms with Crippen LogP contribution < -0.4 is 15.8 Å². The lowest BCUT2D eigenvalue weighted by atomic mass is 9.99. The van der Waals surface area contributed by atoms with Gasteiger partial charge in [-0.1, -0.05) is 22.9 Å². The Bertz CT molecular complexity index is 1620. The zero-order valence-electron chi connectivity index (χ0n) is 20.0. The summed E-state index contributed by atoms with van der Waals surface area (Å²) in [6.45, 7) is 0.209. The van der Waals surface area contributed by atoms with Gasteiger partial charge in [0.15, 0.2) is 0 Å². The molecule has 2 N–H and O–H groups in total. The SMILES string of the molecule is CN(C)c1ccc(-c2cc(-c3ccc[nH]c3=O)ccc2-n2cc(CNC(=O)c3ccc(Cl)s3)nn2)cn1. The molecule has 37 heavy (non-hydrogen) atoms. The van der Waals surface area contributed by atoms with E-state index in [-0.39, 0.29) is 18.0 Å². The first-order valence-corrected chi connectivity index (χ1v) is 12.5. The number of benzene rings is 1. The van der Waals surface area contributed by atoms with Gasteiger partial charge in [0.25, 0.3) is 11.5 Å². The van der Waals surface area contributed by atoms with Gasteiger partial charge < -0.3 is 15.2 Å². The number of anilines is 1. The Morgan fingerprint density at radius 1 is 1.11 bits per heavy atom. The van der Waals surface area contributed by atoms with E-state index in [0.29, 0.717) is 20.5 Å². The average Bonchev–Trinajstić information content (AvgIpc) is 3.56. The Morgan fingerprint density at radius 2 is 1.95 bits per heavy atom. The molecule has 5 aromatic rings. The van der Waals surface area contributed by atoms with Crippen LogP contribution in [0.15, 0.2) is 78.0 Å². The predicted molar refractivity (Wildman–Crippen MR) is 145 cm³/mol. The maximum Gasteiger partial charge on any atom is 0.261 e. The van der Waals surface area contributed by atoms with Crippen molar-refractivity contribution in [3.63, 3.8) is 0 Å². The van der Waals surface area contributed by atoms with Gasteiger partial charge in [0.2, 0.25) is 0 Å². The summed E-state index contributed by atoms with van der Waals surface area (Å²) in [4.78, 5) is 34.5. The highest BCUT2D eigenvalue weighted by Gasteiger charge is 2.15. The molecular weight excluding hydrogens is 510 g/mol. The molecule has 0 radical (unpaired) electrons. The second-order valence-electron chi connectivity index (χ2n) is 8.39. The quantitative estimate of drug-likeness (QED) is 0.322. The van der Waals surface area contributed by atoms with Gasteiger partial charge >= 0.3 is 0 Å². The number of nitrogens with one attached hydrogen (secondary N) is 2. The van der Waals surface area contributed by atoms with E-state index in [4.69, 9.17) is 11.6 Å². The van der Waals surface area contributed by atoms with E-state index < -0.39 is 0 Å². The first kappa shape index (κ1) is 24.4. The highest BCUT2D eigenvalue weighted by atomic mass is 35.5. The molecule has 0 aliphatic rings. The Labute approximate surface area is 221 Å². The first-order valence-electron chi connectivity index (χ1n) is 11.3. The summed E-state index contributed by atoms with van der Waals surface area (Å²) in [5.41, 5.74) is 4.18. The van der Waals surface area contributed by atoms with Crippen LogP contribution in [0.3, 0.4) is 0 Å². The van der Waals surface area contributed by atoms with Crippen molar-refractivity contribution in [2.45, 2.75) is 6.54 Å². The second-order valence-corrected chi connectivity index (χ2v) is 10.1. The molecule has 1 aromatic carbocycles. The highest BCUT2D eigenvalue weighted by Crippen LogP contribution is 2.31. The molecule has 11 heteroatoms. The van der Waals surface area contributed by atoms with E-state index in [2.05, 4.69) is 25.6 Å². The van der Waals surface area contributed by atoms with Crippen LogP contribution in [0.4, 0.5) is 5.82 Å². The first-order chi connectivity index (χ1) is 17.9. The largest absolute Gasteiger partial charge is 0.363 e. The van der Waals surface area contributed by atoms with Gasteiger partial charge in [-0.3, -0.25) is 9.59 Å². The molecule has 0 aliphatic carbocycles. The summed E-state index contributed by atoms with van der Waals surface area (Å²) < 4.78 is 2.20. The Hall–Kier alpha value is -4.28. The maximum atomic E-state index is 12.4. The molecule has 5 rings (SSSR count). The molecule has 0 atom stereocenters. The fraction of sp³-hybridized carbons (Fsp3) is 0.115. The molecule has 0 fully saturated rings. The zero-order valence-corrected chi connectivity index (χ0v) is 21.5. The number of rotatable bonds is 7. The molecule has 4 aromatic heterocycles. The number of hydrogen-bond acceptors (Lipinski definition) is 7.